The van der Waals surface area contributed by atoms with E-state index in [9.17, 15) is 9.18 Å². The Labute approximate surface area is 133 Å². The van der Waals surface area contributed by atoms with E-state index < -0.39 is 6.67 Å². The van der Waals surface area contributed by atoms with Crippen molar-refractivity contribution in [2.75, 3.05) is 31.2 Å². The van der Waals surface area contributed by atoms with Crippen LogP contribution in [0.5, 0.6) is 0 Å². The van der Waals surface area contributed by atoms with Crippen molar-refractivity contribution in [1.29, 1.82) is 0 Å². The first-order valence-corrected chi connectivity index (χ1v) is 8.15. The van der Waals surface area contributed by atoms with Gasteiger partial charge in [0.15, 0.2) is 5.82 Å². The van der Waals surface area contributed by atoms with Crippen LogP contribution >= 0.6 is 0 Å². The number of aromatic nitrogens is 3. The number of carbonyl (C=O) groups is 1. The molecule has 2 aromatic rings. The lowest BCUT2D eigenvalue weighted by Gasteiger charge is -2.37. The Hall–Kier alpha value is -2.18. The zero-order valence-electron chi connectivity index (χ0n) is 12.9. The van der Waals surface area contributed by atoms with Gasteiger partial charge in [-0.3, -0.25) is 9.18 Å². The highest BCUT2D eigenvalue weighted by molar-refractivity contribution is 5.79. The summed E-state index contributed by atoms with van der Waals surface area (Å²) in [7, 11) is 0. The Bertz CT molecular complexity index is 709. The number of halogens is 1. The van der Waals surface area contributed by atoms with Crippen LogP contribution in [0.1, 0.15) is 19.3 Å². The van der Waals surface area contributed by atoms with Crippen molar-refractivity contribution in [2.45, 2.75) is 25.3 Å². The summed E-state index contributed by atoms with van der Waals surface area (Å²) in [6, 6.07) is 2.20. The monoisotopic (exact) mass is 317 g/mol. The minimum atomic E-state index is -0.395. The Kier molecular flexibility index (Phi) is 3.63. The van der Waals surface area contributed by atoms with Gasteiger partial charge in [-0.2, -0.15) is 5.10 Å². The van der Waals surface area contributed by atoms with Crippen LogP contribution in [-0.4, -0.2) is 57.8 Å². The van der Waals surface area contributed by atoms with E-state index in [1.807, 2.05) is 21.7 Å². The van der Waals surface area contributed by atoms with Gasteiger partial charge in [0.05, 0.1) is 12.9 Å². The van der Waals surface area contributed by atoms with Gasteiger partial charge in [-0.25, -0.2) is 9.50 Å². The third kappa shape index (κ3) is 2.54. The summed E-state index contributed by atoms with van der Waals surface area (Å²) in [5.41, 5.74) is 1.00. The van der Waals surface area contributed by atoms with Gasteiger partial charge in [0.25, 0.3) is 0 Å². The first-order chi connectivity index (χ1) is 11.3. The average molecular weight is 317 g/mol. The number of alkyl halides is 1. The fourth-order valence-electron chi connectivity index (χ4n) is 3.74. The number of rotatable bonds is 3. The second kappa shape index (κ2) is 5.79. The minimum Gasteiger partial charge on any atom is -0.355 e. The molecular formula is C16H20FN5O. The summed E-state index contributed by atoms with van der Waals surface area (Å²) < 4.78 is 14.6. The Morgan fingerprint density at radius 3 is 2.83 bits per heavy atom. The maximum absolute atomic E-state index is 12.8. The molecule has 2 saturated heterocycles. The highest BCUT2D eigenvalue weighted by atomic mass is 19.1. The van der Waals surface area contributed by atoms with E-state index in [2.05, 4.69) is 15.0 Å². The molecule has 1 atom stereocenters. The summed E-state index contributed by atoms with van der Waals surface area (Å²) in [6.45, 7) is 1.89. The van der Waals surface area contributed by atoms with Gasteiger partial charge in [-0.1, -0.05) is 0 Å². The highest BCUT2D eigenvalue weighted by Gasteiger charge is 2.36. The molecule has 4 heterocycles. The molecule has 0 bridgehead atoms. The van der Waals surface area contributed by atoms with Crippen LogP contribution in [0.25, 0.3) is 5.52 Å². The van der Waals surface area contributed by atoms with Crippen LogP contribution in [-0.2, 0) is 4.79 Å². The van der Waals surface area contributed by atoms with Crippen LogP contribution in [0, 0.1) is 5.92 Å². The Balaban J connectivity index is 1.45. The molecule has 2 aliphatic rings. The quantitative estimate of drug-likeness (QED) is 0.861. The van der Waals surface area contributed by atoms with Crippen molar-refractivity contribution in [1.82, 2.24) is 19.5 Å². The van der Waals surface area contributed by atoms with E-state index >= 15 is 0 Å². The number of likely N-dealkylation sites (tertiary alicyclic amines) is 1. The van der Waals surface area contributed by atoms with Crippen molar-refractivity contribution < 1.29 is 9.18 Å². The Morgan fingerprint density at radius 2 is 2.09 bits per heavy atom. The van der Waals surface area contributed by atoms with Crippen molar-refractivity contribution in [3.05, 3.63) is 24.7 Å². The van der Waals surface area contributed by atoms with Crippen LogP contribution in [0.3, 0.4) is 0 Å². The number of fused-ring (bicyclic) bond motifs is 1. The van der Waals surface area contributed by atoms with Gasteiger partial charge in [0, 0.05) is 50.4 Å². The van der Waals surface area contributed by atoms with Gasteiger partial charge in [-0.15, -0.1) is 0 Å². The predicted molar refractivity (Wildman–Crippen MR) is 84.0 cm³/mol. The van der Waals surface area contributed by atoms with Crippen molar-refractivity contribution in [2.24, 2.45) is 5.92 Å². The molecule has 23 heavy (non-hydrogen) atoms. The van der Waals surface area contributed by atoms with Crippen molar-refractivity contribution >= 4 is 17.2 Å². The fraction of sp³-hybridized carbons (Fsp3) is 0.562. The zero-order valence-corrected chi connectivity index (χ0v) is 12.9. The number of carbonyl (C=O) groups excluding carboxylic acids is 1. The number of nitrogens with zero attached hydrogens (tertiary/aromatic N) is 5. The maximum Gasteiger partial charge on any atom is 0.223 e. The van der Waals surface area contributed by atoms with Crippen LogP contribution in [0.15, 0.2) is 24.7 Å². The molecule has 2 fully saturated rings. The van der Waals surface area contributed by atoms with E-state index in [0.29, 0.717) is 13.0 Å². The molecule has 1 unspecified atom stereocenters. The Morgan fingerprint density at radius 1 is 1.26 bits per heavy atom. The van der Waals surface area contributed by atoms with Gasteiger partial charge in [0.1, 0.15) is 5.52 Å². The third-order valence-electron chi connectivity index (χ3n) is 4.97. The second-order valence-corrected chi connectivity index (χ2v) is 6.40. The maximum atomic E-state index is 12.8. The first-order valence-electron chi connectivity index (χ1n) is 8.15. The average Bonchev–Trinajstić information content (AvgIpc) is 3.21. The molecule has 2 aliphatic heterocycles. The minimum absolute atomic E-state index is 0.109. The smallest absolute Gasteiger partial charge is 0.223 e. The summed E-state index contributed by atoms with van der Waals surface area (Å²) in [4.78, 5) is 20.7. The van der Waals surface area contributed by atoms with Gasteiger partial charge >= 0.3 is 0 Å². The third-order valence-corrected chi connectivity index (χ3v) is 4.97. The molecule has 0 saturated carbocycles. The zero-order chi connectivity index (χ0) is 15.8. The molecular weight excluding hydrogens is 297 g/mol. The highest BCUT2D eigenvalue weighted by Crippen LogP contribution is 2.28. The lowest BCUT2D eigenvalue weighted by atomic mass is 10.0. The van der Waals surface area contributed by atoms with Crippen LogP contribution in [0.4, 0.5) is 10.2 Å². The molecule has 6 nitrogen and oxygen atoms in total. The van der Waals surface area contributed by atoms with Gasteiger partial charge in [0.2, 0.25) is 5.91 Å². The summed E-state index contributed by atoms with van der Waals surface area (Å²) in [5.74, 6) is 0.947. The molecule has 0 aromatic carbocycles. The second-order valence-electron chi connectivity index (χ2n) is 6.40. The summed E-state index contributed by atoms with van der Waals surface area (Å²) in [5, 5.41) is 4.24. The van der Waals surface area contributed by atoms with Crippen molar-refractivity contribution in [3.8, 4) is 0 Å². The number of amides is 1. The molecule has 0 radical (unpaired) electrons. The standard InChI is InChI=1S/C16H20FN5O/c17-10-12-9-15(23)21(11-12)13-2-6-20(7-3-13)16-14-1-4-19-22(14)8-5-18-16/h1,4-5,8,12-13H,2-3,6-7,9-11H2. The number of hydrogen-bond donors (Lipinski definition) is 0. The van der Waals surface area contributed by atoms with Crippen LogP contribution in [0.2, 0.25) is 0 Å². The first kappa shape index (κ1) is 14.4. The lowest BCUT2D eigenvalue weighted by Crippen LogP contribution is -2.46. The number of piperidine rings is 1. The molecule has 4 rings (SSSR count). The number of hydrogen-bond acceptors (Lipinski definition) is 4. The largest absolute Gasteiger partial charge is 0.355 e. The molecule has 7 heteroatoms. The molecule has 0 N–H and O–H groups in total. The van der Waals surface area contributed by atoms with Crippen molar-refractivity contribution in [3.63, 3.8) is 0 Å². The topological polar surface area (TPSA) is 53.7 Å². The van der Waals surface area contributed by atoms with E-state index in [1.54, 1.807) is 12.4 Å². The van der Waals surface area contributed by atoms with E-state index in [-0.39, 0.29) is 17.9 Å². The summed E-state index contributed by atoms with van der Waals surface area (Å²) >= 11 is 0. The van der Waals surface area contributed by atoms with E-state index in [4.69, 9.17) is 0 Å². The fourth-order valence-corrected chi connectivity index (χ4v) is 3.74. The molecule has 1 amide bonds. The van der Waals surface area contributed by atoms with Crippen LogP contribution < -0.4 is 4.90 Å². The van der Waals surface area contributed by atoms with Gasteiger partial charge in [-0.05, 0) is 18.9 Å². The van der Waals surface area contributed by atoms with E-state index in [1.165, 1.54) is 0 Å². The summed E-state index contributed by atoms with van der Waals surface area (Å²) in [6.07, 6.45) is 7.55. The number of anilines is 1. The lowest BCUT2D eigenvalue weighted by molar-refractivity contribution is -0.130. The molecule has 0 spiro atoms. The molecule has 0 aliphatic carbocycles. The SMILES string of the molecule is O=C1CC(CF)CN1C1CCN(c2nccn3nccc23)CC1. The van der Waals surface area contributed by atoms with E-state index in [0.717, 1.165) is 37.3 Å². The van der Waals surface area contributed by atoms with Gasteiger partial charge < -0.3 is 9.80 Å². The normalized spacial score (nSPS) is 23.2. The molecule has 122 valence electrons. The predicted octanol–water partition coefficient (Wildman–Crippen LogP) is 1.52. The molecule has 2 aromatic heterocycles.